The molecule has 2 aromatic rings. The van der Waals surface area contributed by atoms with Gasteiger partial charge in [0, 0.05) is 38.6 Å². The third-order valence-corrected chi connectivity index (χ3v) is 6.48. The number of aliphatic hydroxyl groups is 1. The van der Waals surface area contributed by atoms with E-state index in [9.17, 15) is 5.11 Å². The van der Waals surface area contributed by atoms with E-state index in [1.807, 2.05) is 6.07 Å². The molecule has 4 heteroatoms. The van der Waals surface area contributed by atoms with Crippen LogP contribution in [-0.4, -0.2) is 61.8 Å². The Morgan fingerprint density at radius 2 is 1.81 bits per heavy atom. The number of hydrogen-bond acceptors (Lipinski definition) is 4. The molecule has 0 aromatic heterocycles. The number of piperazine rings is 1. The zero-order chi connectivity index (χ0) is 18.9. The second kappa shape index (κ2) is 7.78. The molecule has 0 spiro atoms. The standard InChI is InChI=1S/C23H31N2O2/c1-24-11-13-25(14-12-24)17-21-5-3-4-10-23(21,26)20-8-6-19-16-22(27-2)9-7-18(19)15-20/h3,6-9,15-16,21,26H,4-5,10-14,17H2,1-2H3. The highest BCUT2D eigenvalue weighted by Gasteiger charge is 2.41. The summed E-state index contributed by atoms with van der Waals surface area (Å²) in [7, 11) is 3.88. The SMILES string of the molecule is COc1ccc2cc(C3(O)CC[CH]CC3CN3CCN(C)CC3)ccc2c1. The van der Waals surface area contributed by atoms with Crippen molar-refractivity contribution >= 4 is 10.8 Å². The quantitative estimate of drug-likeness (QED) is 0.900. The number of benzene rings is 2. The lowest BCUT2D eigenvalue weighted by Crippen LogP contribution is -2.50. The highest BCUT2D eigenvalue weighted by Crippen LogP contribution is 2.42. The summed E-state index contributed by atoms with van der Waals surface area (Å²) in [4.78, 5) is 4.91. The van der Waals surface area contributed by atoms with E-state index in [1.165, 1.54) is 0 Å². The van der Waals surface area contributed by atoms with Crippen LogP contribution in [0, 0.1) is 12.3 Å². The predicted octanol–water partition coefficient (Wildman–Crippen LogP) is 3.29. The van der Waals surface area contributed by atoms with E-state index >= 15 is 0 Å². The van der Waals surface area contributed by atoms with Crippen LogP contribution in [0.25, 0.3) is 10.8 Å². The summed E-state index contributed by atoms with van der Waals surface area (Å²) in [6, 6.07) is 12.6. The third kappa shape index (κ3) is 3.84. The van der Waals surface area contributed by atoms with Crippen LogP contribution in [0.5, 0.6) is 5.75 Å². The van der Waals surface area contributed by atoms with Gasteiger partial charge in [0.05, 0.1) is 12.7 Å². The van der Waals surface area contributed by atoms with Gasteiger partial charge in [-0.05, 0) is 67.3 Å². The van der Waals surface area contributed by atoms with Gasteiger partial charge in [-0.15, -0.1) is 0 Å². The Kier molecular flexibility index (Phi) is 5.40. The van der Waals surface area contributed by atoms with Crippen LogP contribution >= 0.6 is 0 Å². The minimum Gasteiger partial charge on any atom is -0.497 e. The van der Waals surface area contributed by atoms with Gasteiger partial charge in [0.2, 0.25) is 0 Å². The lowest BCUT2D eigenvalue weighted by atomic mass is 9.71. The Hall–Kier alpha value is -1.62. The monoisotopic (exact) mass is 367 g/mol. The molecule has 1 heterocycles. The molecule has 1 aliphatic heterocycles. The van der Waals surface area contributed by atoms with Gasteiger partial charge in [-0.1, -0.05) is 18.2 Å². The number of nitrogens with zero attached hydrogens (tertiary/aromatic N) is 2. The summed E-state index contributed by atoms with van der Waals surface area (Å²) >= 11 is 0. The Bertz CT molecular complexity index is 785. The second-order valence-corrected chi connectivity index (χ2v) is 8.22. The van der Waals surface area contributed by atoms with Crippen molar-refractivity contribution in [3.63, 3.8) is 0 Å². The topological polar surface area (TPSA) is 35.9 Å². The Morgan fingerprint density at radius 1 is 1.07 bits per heavy atom. The van der Waals surface area contributed by atoms with Gasteiger partial charge in [0.15, 0.2) is 0 Å². The van der Waals surface area contributed by atoms with Crippen molar-refractivity contribution in [1.29, 1.82) is 0 Å². The van der Waals surface area contributed by atoms with Gasteiger partial charge in [0.1, 0.15) is 5.75 Å². The smallest absolute Gasteiger partial charge is 0.119 e. The van der Waals surface area contributed by atoms with Gasteiger partial charge in [0.25, 0.3) is 0 Å². The maximum atomic E-state index is 11.8. The molecule has 27 heavy (non-hydrogen) atoms. The Morgan fingerprint density at radius 3 is 2.59 bits per heavy atom. The number of methoxy groups -OCH3 is 1. The lowest BCUT2D eigenvalue weighted by molar-refractivity contribution is -0.0590. The molecule has 4 nitrogen and oxygen atoms in total. The van der Waals surface area contributed by atoms with Gasteiger partial charge in [-0.2, -0.15) is 0 Å². The maximum absolute atomic E-state index is 11.8. The van der Waals surface area contributed by atoms with E-state index < -0.39 is 5.60 Å². The molecule has 0 bridgehead atoms. The Labute approximate surface area is 162 Å². The van der Waals surface area contributed by atoms with Crippen LogP contribution in [0.4, 0.5) is 0 Å². The van der Waals surface area contributed by atoms with Crippen LogP contribution < -0.4 is 4.74 Å². The van der Waals surface area contributed by atoms with Gasteiger partial charge in [-0.25, -0.2) is 0 Å². The summed E-state index contributed by atoms with van der Waals surface area (Å²) in [5, 5.41) is 14.1. The minimum absolute atomic E-state index is 0.255. The van der Waals surface area contributed by atoms with Crippen molar-refractivity contribution in [3.8, 4) is 5.75 Å². The van der Waals surface area contributed by atoms with E-state index in [0.29, 0.717) is 0 Å². The van der Waals surface area contributed by atoms with E-state index in [-0.39, 0.29) is 5.92 Å². The molecule has 1 aliphatic carbocycles. The maximum Gasteiger partial charge on any atom is 0.119 e. The second-order valence-electron chi connectivity index (χ2n) is 8.22. The molecule has 1 radical (unpaired) electrons. The first-order valence-electron chi connectivity index (χ1n) is 10.1. The lowest BCUT2D eigenvalue weighted by Gasteiger charge is -2.44. The van der Waals surface area contributed by atoms with Gasteiger partial charge < -0.3 is 19.6 Å². The van der Waals surface area contributed by atoms with Crippen LogP contribution in [0.1, 0.15) is 24.8 Å². The van der Waals surface area contributed by atoms with E-state index in [0.717, 1.165) is 74.1 Å². The molecule has 1 saturated carbocycles. The molecule has 4 rings (SSSR count). The highest BCUT2D eigenvalue weighted by atomic mass is 16.5. The first-order valence-corrected chi connectivity index (χ1v) is 10.1. The van der Waals surface area contributed by atoms with Crippen LogP contribution in [0.3, 0.4) is 0 Å². The van der Waals surface area contributed by atoms with Crippen molar-refractivity contribution in [2.45, 2.75) is 24.9 Å². The summed E-state index contributed by atoms with van der Waals surface area (Å²) in [6.45, 7) is 5.40. The van der Waals surface area contributed by atoms with Crippen molar-refractivity contribution in [3.05, 3.63) is 48.4 Å². The summed E-state index contributed by atoms with van der Waals surface area (Å²) in [5.41, 5.74) is 0.319. The zero-order valence-corrected chi connectivity index (χ0v) is 16.5. The molecular weight excluding hydrogens is 336 g/mol. The largest absolute Gasteiger partial charge is 0.497 e. The molecule has 2 aromatic carbocycles. The molecule has 2 unspecified atom stereocenters. The van der Waals surface area contributed by atoms with E-state index in [1.54, 1.807) is 7.11 Å². The van der Waals surface area contributed by atoms with Crippen LogP contribution in [-0.2, 0) is 5.60 Å². The zero-order valence-electron chi connectivity index (χ0n) is 16.5. The van der Waals surface area contributed by atoms with E-state index in [2.05, 4.69) is 53.6 Å². The molecule has 2 aliphatic rings. The number of likely N-dealkylation sites (N-methyl/N-ethyl adjacent to an activating group) is 1. The van der Waals surface area contributed by atoms with E-state index in [4.69, 9.17) is 4.74 Å². The average Bonchev–Trinajstić information content (AvgIpc) is 2.70. The summed E-state index contributed by atoms with van der Waals surface area (Å²) in [5.74, 6) is 1.12. The first-order chi connectivity index (χ1) is 13.1. The fourth-order valence-corrected chi connectivity index (χ4v) is 4.61. The number of fused-ring (bicyclic) bond motifs is 1. The van der Waals surface area contributed by atoms with Gasteiger partial charge >= 0.3 is 0 Å². The van der Waals surface area contributed by atoms with Crippen LogP contribution in [0.2, 0.25) is 0 Å². The van der Waals surface area contributed by atoms with Crippen LogP contribution in [0.15, 0.2) is 36.4 Å². The molecular formula is C23H31N2O2. The fourth-order valence-electron chi connectivity index (χ4n) is 4.61. The van der Waals surface area contributed by atoms with Crippen molar-refractivity contribution in [2.75, 3.05) is 46.9 Å². The molecule has 1 saturated heterocycles. The normalized spacial score (nSPS) is 27.7. The highest BCUT2D eigenvalue weighted by molar-refractivity contribution is 5.84. The van der Waals surface area contributed by atoms with Crippen molar-refractivity contribution in [2.24, 2.45) is 5.92 Å². The first kappa shape index (κ1) is 18.7. The Balaban J connectivity index is 1.59. The molecule has 2 fully saturated rings. The predicted molar refractivity (Wildman–Crippen MR) is 110 cm³/mol. The third-order valence-electron chi connectivity index (χ3n) is 6.48. The average molecular weight is 368 g/mol. The number of hydrogen-bond donors (Lipinski definition) is 1. The summed E-state index contributed by atoms with van der Waals surface area (Å²) < 4.78 is 5.34. The molecule has 1 N–H and O–H groups in total. The molecule has 145 valence electrons. The van der Waals surface area contributed by atoms with Crippen molar-refractivity contribution in [1.82, 2.24) is 9.80 Å². The number of ether oxygens (including phenoxy) is 1. The minimum atomic E-state index is -0.744. The fraction of sp³-hybridized carbons (Fsp3) is 0.522. The van der Waals surface area contributed by atoms with Gasteiger partial charge in [-0.3, -0.25) is 0 Å². The molecule has 0 amide bonds. The number of rotatable bonds is 4. The van der Waals surface area contributed by atoms with Crippen molar-refractivity contribution < 1.29 is 9.84 Å². The molecule has 2 atom stereocenters. The summed E-state index contributed by atoms with van der Waals surface area (Å²) in [6.07, 6.45) is 5.15.